The van der Waals surface area contributed by atoms with Crippen LogP contribution in [0.2, 0.25) is 0 Å². The third-order valence-corrected chi connectivity index (χ3v) is 6.26. The van der Waals surface area contributed by atoms with Gasteiger partial charge in [-0.2, -0.15) is 0 Å². The van der Waals surface area contributed by atoms with Crippen molar-refractivity contribution in [3.8, 4) is 22.5 Å². The van der Waals surface area contributed by atoms with E-state index in [2.05, 4.69) is 101 Å². The third kappa shape index (κ3) is 4.59. The minimum Gasteiger partial charge on any atom is -0.329 e. The zero-order chi connectivity index (χ0) is 23.5. The van der Waals surface area contributed by atoms with Crippen LogP contribution in [-0.2, 0) is 13.0 Å². The first kappa shape index (κ1) is 21.9. The molecule has 0 aliphatic rings. The van der Waals surface area contributed by atoms with Crippen molar-refractivity contribution in [1.29, 1.82) is 0 Å². The van der Waals surface area contributed by atoms with E-state index in [1.165, 1.54) is 16.8 Å². The number of nitrogens with zero attached hydrogens (tertiary/aromatic N) is 6. The highest BCUT2D eigenvalue weighted by Crippen LogP contribution is 2.32. The minimum absolute atomic E-state index is 0.847. The molecule has 34 heavy (non-hydrogen) atoms. The lowest BCUT2D eigenvalue weighted by molar-refractivity contribution is 0.583. The lowest BCUT2D eigenvalue weighted by atomic mass is 10.0. The number of rotatable bonds is 8. The number of tetrazole rings is 1. The van der Waals surface area contributed by atoms with Gasteiger partial charge in [0.2, 0.25) is 0 Å². The summed E-state index contributed by atoms with van der Waals surface area (Å²) in [7, 11) is 0. The van der Waals surface area contributed by atoms with Crippen molar-refractivity contribution in [3.63, 3.8) is 0 Å². The molecule has 172 valence electrons. The van der Waals surface area contributed by atoms with Crippen LogP contribution in [0.1, 0.15) is 41.9 Å². The molecule has 0 aliphatic heterocycles. The van der Waals surface area contributed by atoms with Crippen LogP contribution in [0.5, 0.6) is 0 Å². The van der Waals surface area contributed by atoms with Gasteiger partial charge in [-0.15, -0.1) is 5.10 Å². The number of unbranched alkanes of at least 4 members (excludes halogenated alkanes) is 2. The Bertz CT molecular complexity index is 1380. The van der Waals surface area contributed by atoms with Crippen LogP contribution in [0.15, 0.2) is 54.6 Å². The number of hydrogen-bond donors (Lipinski definition) is 1. The van der Waals surface area contributed by atoms with Crippen LogP contribution in [0.3, 0.4) is 0 Å². The number of H-pyrrole nitrogens is 1. The van der Waals surface area contributed by atoms with Crippen molar-refractivity contribution in [2.75, 3.05) is 0 Å². The van der Waals surface area contributed by atoms with Gasteiger partial charge in [-0.05, 0) is 50.1 Å². The number of benzene rings is 2. The molecule has 7 nitrogen and oxygen atoms in total. The Balaban J connectivity index is 1.47. The zero-order valence-corrected chi connectivity index (χ0v) is 19.9. The number of nitrogens with one attached hydrogen (secondary N) is 1. The van der Waals surface area contributed by atoms with Gasteiger partial charge in [0.25, 0.3) is 0 Å². The molecule has 0 atom stereocenters. The zero-order valence-electron chi connectivity index (χ0n) is 19.9. The Hall–Kier alpha value is -3.87. The molecular weight excluding hydrogens is 422 g/mol. The Morgan fingerprint density at radius 1 is 0.765 bits per heavy atom. The summed E-state index contributed by atoms with van der Waals surface area (Å²) in [5.74, 6) is 0.847. The average Bonchev–Trinajstić information content (AvgIpc) is 3.46. The molecular formula is C27H29N7. The maximum atomic E-state index is 5.20. The minimum atomic E-state index is 0.847. The van der Waals surface area contributed by atoms with E-state index in [1.807, 2.05) is 0 Å². The number of aromatic nitrogens is 7. The SMILES string of the molecule is Cc1ccc(-c2nc3cc(C)n(CCCCCc4nnn[nH]4)c3nc2-c2ccc(C)cc2)cc1. The van der Waals surface area contributed by atoms with Gasteiger partial charge in [0.15, 0.2) is 5.65 Å². The van der Waals surface area contributed by atoms with Gasteiger partial charge < -0.3 is 4.57 Å². The van der Waals surface area contributed by atoms with Crippen LogP contribution >= 0.6 is 0 Å². The molecule has 5 rings (SSSR count). The third-order valence-electron chi connectivity index (χ3n) is 6.26. The molecule has 0 saturated carbocycles. The highest BCUT2D eigenvalue weighted by molar-refractivity contribution is 5.85. The number of aromatic amines is 1. The predicted octanol–water partition coefficient (Wildman–Crippen LogP) is 5.62. The Labute approximate surface area is 199 Å². The van der Waals surface area contributed by atoms with E-state index in [0.717, 1.165) is 71.7 Å². The highest BCUT2D eigenvalue weighted by atomic mass is 15.5. The van der Waals surface area contributed by atoms with E-state index >= 15 is 0 Å². The molecule has 0 spiro atoms. The second-order valence-corrected chi connectivity index (χ2v) is 8.96. The standard InChI is InChI=1S/C27H29N7/c1-18-8-12-21(13-9-18)25-26(22-14-10-19(2)11-15-22)29-27-23(28-25)17-20(3)34(27)16-6-4-5-7-24-30-32-33-31-24/h8-15,17H,4-7,16H2,1-3H3,(H,30,31,32,33). The summed E-state index contributed by atoms with van der Waals surface area (Å²) in [5, 5.41) is 14.1. The number of aryl methyl sites for hydroxylation is 5. The lowest BCUT2D eigenvalue weighted by Gasteiger charge is -2.12. The van der Waals surface area contributed by atoms with Crippen LogP contribution in [0, 0.1) is 20.8 Å². The van der Waals surface area contributed by atoms with E-state index in [-0.39, 0.29) is 0 Å². The molecule has 0 aliphatic carbocycles. The summed E-state index contributed by atoms with van der Waals surface area (Å²) < 4.78 is 2.30. The molecule has 0 amide bonds. The molecule has 0 saturated heterocycles. The summed E-state index contributed by atoms with van der Waals surface area (Å²) in [6.45, 7) is 7.26. The Kier molecular flexibility index (Phi) is 6.16. The van der Waals surface area contributed by atoms with Crippen molar-refractivity contribution in [3.05, 3.63) is 77.2 Å². The summed E-state index contributed by atoms with van der Waals surface area (Å²) in [6.07, 6.45) is 4.08. The fourth-order valence-corrected chi connectivity index (χ4v) is 4.31. The molecule has 7 heteroatoms. The summed E-state index contributed by atoms with van der Waals surface area (Å²) >= 11 is 0. The second-order valence-electron chi connectivity index (χ2n) is 8.96. The molecule has 0 unspecified atom stereocenters. The average molecular weight is 452 g/mol. The monoisotopic (exact) mass is 451 g/mol. The maximum absolute atomic E-state index is 5.20. The fourth-order valence-electron chi connectivity index (χ4n) is 4.31. The smallest absolute Gasteiger partial charge is 0.159 e. The first-order valence-corrected chi connectivity index (χ1v) is 11.8. The molecule has 1 N–H and O–H groups in total. The van der Waals surface area contributed by atoms with Gasteiger partial charge in [-0.3, -0.25) is 0 Å². The van der Waals surface area contributed by atoms with Crippen molar-refractivity contribution in [2.24, 2.45) is 0 Å². The molecule has 0 bridgehead atoms. The van der Waals surface area contributed by atoms with Crippen LogP contribution in [-0.4, -0.2) is 35.2 Å². The van der Waals surface area contributed by atoms with Gasteiger partial charge in [-0.1, -0.05) is 66.1 Å². The van der Waals surface area contributed by atoms with E-state index < -0.39 is 0 Å². The number of fused-ring (bicyclic) bond motifs is 1. The molecule has 2 aromatic carbocycles. The first-order valence-electron chi connectivity index (χ1n) is 11.8. The molecule has 3 aromatic heterocycles. The van der Waals surface area contributed by atoms with Gasteiger partial charge in [-0.25, -0.2) is 15.1 Å². The molecule has 0 fully saturated rings. The van der Waals surface area contributed by atoms with Gasteiger partial charge >= 0.3 is 0 Å². The van der Waals surface area contributed by atoms with E-state index in [4.69, 9.17) is 9.97 Å². The summed E-state index contributed by atoms with van der Waals surface area (Å²) in [5.41, 5.74) is 9.56. The maximum Gasteiger partial charge on any atom is 0.159 e. The first-order chi connectivity index (χ1) is 16.6. The van der Waals surface area contributed by atoms with E-state index in [9.17, 15) is 0 Å². The topological polar surface area (TPSA) is 85.2 Å². The van der Waals surface area contributed by atoms with Crippen molar-refractivity contribution in [2.45, 2.75) is 53.0 Å². The normalized spacial score (nSPS) is 11.4. The second kappa shape index (κ2) is 9.55. The lowest BCUT2D eigenvalue weighted by Crippen LogP contribution is -2.03. The molecule has 0 radical (unpaired) electrons. The number of hydrogen-bond acceptors (Lipinski definition) is 5. The van der Waals surface area contributed by atoms with Gasteiger partial charge in [0.05, 0.1) is 11.4 Å². The predicted molar refractivity (Wildman–Crippen MR) is 134 cm³/mol. The van der Waals surface area contributed by atoms with Crippen LogP contribution in [0.25, 0.3) is 33.7 Å². The summed E-state index contributed by atoms with van der Waals surface area (Å²) in [6, 6.07) is 19.2. The van der Waals surface area contributed by atoms with Crippen molar-refractivity contribution < 1.29 is 0 Å². The fraction of sp³-hybridized carbons (Fsp3) is 0.296. The van der Waals surface area contributed by atoms with Crippen molar-refractivity contribution in [1.82, 2.24) is 35.2 Å². The van der Waals surface area contributed by atoms with E-state index in [0.29, 0.717) is 0 Å². The summed E-state index contributed by atoms with van der Waals surface area (Å²) in [4.78, 5) is 10.3. The quantitative estimate of drug-likeness (QED) is 0.310. The molecule has 5 aromatic rings. The Morgan fingerprint density at radius 2 is 1.41 bits per heavy atom. The largest absolute Gasteiger partial charge is 0.329 e. The van der Waals surface area contributed by atoms with Gasteiger partial charge in [0, 0.05) is 29.8 Å². The highest BCUT2D eigenvalue weighted by Gasteiger charge is 2.17. The van der Waals surface area contributed by atoms with Crippen LogP contribution in [0.4, 0.5) is 0 Å². The Morgan fingerprint density at radius 3 is 2.03 bits per heavy atom. The molecule has 3 heterocycles. The van der Waals surface area contributed by atoms with Crippen LogP contribution < -0.4 is 0 Å². The van der Waals surface area contributed by atoms with Gasteiger partial charge in [0.1, 0.15) is 11.3 Å². The van der Waals surface area contributed by atoms with Crippen molar-refractivity contribution >= 4 is 11.2 Å². The van der Waals surface area contributed by atoms with E-state index in [1.54, 1.807) is 0 Å².